The van der Waals surface area contributed by atoms with Gasteiger partial charge in [0.1, 0.15) is 5.82 Å². The van der Waals surface area contributed by atoms with Crippen molar-refractivity contribution < 1.29 is 5.11 Å². The van der Waals surface area contributed by atoms with Gasteiger partial charge in [-0.25, -0.2) is 0 Å². The van der Waals surface area contributed by atoms with Crippen LogP contribution in [0.1, 0.15) is 38.3 Å². The quantitative estimate of drug-likeness (QED) is 0.764. The molecule has 0 saturated heterocycles. The molecule has 1 aromatic heterocycles. The lowest BCUT2D eigenvalue weighted by Crippen LogP contribution is -2.40. The average molecular weight is 252 g/mol. The molecular weight excluding hydrogens is 228 g/mol. The van der Waals surface area contributed by atoms with E-state index in [1.54, 1.807) is 4.68 Å². The standard InChI is InChI=1S/C13H24N4O/c1-9-4-6-13(18,7-5-9)8-15-12-11(14)10(2)16-17(12)3/h9,15,18H,4-8,14H2,1-3H3. The van der Waals surface area contributed by atoms with Crippen molar-refractivity contribution in [1.29, 1.82) is 0 Å². The summed E-state index contributed by atoms with van der Waals surface area (Å²) in [6.45, 7) is 4.68. The molecule has 2 rings (SSSR count). The zero-order chi connectivity index (χ0) is 13.3. The summed E-state index contributed by atoms with van der Waals surface area (Å²) in [6, 6.07) is 0. The maximum Gasteiger partial charge on any atom is 0.147 e. The van der Waals surface area contributed by atoms with Crippen LogP contribution in [0.3, 0.4) is 0 Å². The number of hydrogen-bond donors (Lipinski definition) is 3. The van der Waals surface area contributed by atoms with Crippen molar-refractivity contribution in [2.45, 2.75) is 45.1 Å². The largest absolute Gasteiger partial charge is 0.394 e. The molecule has 1 heterocycles. The molecule has 0 atom stereocenters. The van der Waals surface area contributed by atoms with Gasteiger partial charge in [0, 0.05) is 13.6 Å². The summed E-state index contributed by atoms with van der Waals surface area (Å²) in [6.07, 6.45) is 3.91. The Bertz CT molecular complexity index is 419. The first kappa shape index (κ1) is 13.2. The molecule has 0 bridgehead atoms. The molecule has 1 fully saturated rings. The van der Waals surface area contributed by atoms with Crippen LogP contribution in [-0.2, 0) is 7.05 Å². The van der Waals surface area contributed by atoms with Crippen molar-refractivity contribution in [1.82, 2.24) is 9.78 Å². The molecule has 0 radical (unpaired) electrons. The van der Waals surface area contributed by atoms with Gasteiger partial charge in [0.15, 0.2) is 0 Å². The lowest BCUT2D eigenvalue weighted by Gasteiger charge is -2.35. The van der Waals surface area contributed by atoms with E-state index >= 15 is 0 Å². The van der Waals surface area contributed by atoms with Gasteiger partial charge in [0.05, 0.1) is 17.0 Å². The Morgan fingerprint density at radius 2 is 2.11 bits per heavy atom. The lowest BCUT2D eigenvalue weighted by atomic mass is 9.79. The molecule has 0 aliphatic heterocycles. The predicted octanol–water partition coefficient (Wildman–Crippen LogP) is 1.66. The van der Waals surface area contributed by atoms with Crippen LogP contribution in [0.15, 0.2) is 0 Å². The second kappa shape index (κ2) is 4.80. The molecule has 1 aliphatic rings. The van der Waals surface area contributed by atoms with E-state index in [1.165, 1.54) is 0 Å². The zero-order valence-corrected chi connectivity index (χ0v) is 11.5. The Hall–Kier alpha value is -1.23. The summed E-state index contributed by atoms with van der Waals surface area (Å²) in [5.74, 6) is 1.54. The first-order chi connectivity index (χ1) is 8.41. The van der Waals surface area contributed by atoms with Crippen molar-refractivity contribution in [2.75, 3.05) is 17.6 Å². The molecule has 5 nitrogen and oxygen atoms in total. The Morgan fingerprint density at radius 1 is 1.50 bits per heavy atom. The van der Waals surface area contributed by atoms with Crippen LogP contribution in [0.2, 0.25) is 0 Å². The molecule has 5 heteroatoms. The van der Waals surface area contributed by atoms with Gasteiger partial charge < -0.3 is 16.2 Å². The van der Waals surface area contributed by atoms with Crippen LogP contribution in [0.5, 0.6) is 0 Å². The number of aryl methyl sites for hydroxylation is 2. The average Bonchev–Trinajstić information content (AvgIpc) is 2.56. The monoisotopic (exact) mass is 252 g/mol. The minimum absolute atomic E-state index is 0.545. The number of aliphatic hydroxyl groups is 1. The summed E-state index contributed by atoms with van der Waals surface area (Å²) in [7, 11) is 1.86. The fourth-order valence-electron chi connectivity index (χ4n) is 2.61. The number of anilines is 2. The number of nitrogen functional groups attached to an aromatic ring is 1. The van der Waals surface area contributed by atoms with Gasteiger partial charge in [-0.1, -0.05) is 6.92 Å². The minimum atomic E-state index is -0.600. The molecule has 0 amide bonds. The van der Waals surface area contributed by atoms with Gasteiger partial charge in [-0.05, 0) is 38.5 Å². The molecule has 4 N–H and O–H groups in total. The van der Waals surface area contributed by atoms with E-state index in [0.717, 1.165) is 43.1 Å². The van der Waals surface area contributed by atoms with Gasteiger partial charge in [0.2, 0.25) is 0 Å². The summed E-state index contributed by atoms with van der Waals surface area (Å²) in [5, 5.41) is 18.0. The van der Waals surface area contributed by atoms with E-state index in [4.69, 9.17) is 5.73 Å². The maximum absolute atomic E-state index is 10.5. The molecule has 1 saturated carbocycles. The third-order valence-corrected chi connectivity index (χ3v) is 4.06. The summed E-state index contributed by atoms with van der Waals surface area (Å²) in [4.78, 5) is 0. The third kappa shape index (κ3) is 2.61. The normalized spacial score (nSPS) is 28.3. The van der Waals surface area contributed by atoms with Crippen molar-refractivity contribution in [3.8, 4) is 0 Å². The fraction of sp³-hybridized carbons (Fsp3) is 0.769. The molecule has 1 aromatic rings. The van der Waals surface area contributed by atoms with Crippen molar-refractivity contribution in [3.63, 3.8) is 0 Å². The summed E-state index contributed by atoms with van der Waals surface area (Å²) >= 11 is 0. The molecule has 18 heavy (non-hydrogen) atoms. The smallest absolute Gasteiger partial charge is 0.147 e. The van der Waals surface area contributed by atoms with Gasteiger partial charge in [-0.2, -0.15) is 5.10 Å². The summed E-state index contributed by atoms with van der Waals surface area (Å²) in [5.41, 5.74) is 6.85. The second-order valence-corrected chi connectivity index (χ2v) is 5.73. The van der Waals surface area contributed by atoms with E-state index in [1.807, 2.05) is 14.0 Å². The predicted molar refractivity (Wildman–Crippen MR) is 73.4 cm³/mol. The van der Waals surface area contributed by atoms with Gasteiger partial charge in [-0.3, -0.25) is 4.68 Å². The van der Waals surface area contributed by atoms with Crippen LogP contribution >= 0.6 is 0 Å². The van der Waals surface area contributed by atoms with Crippen LogP contribution in [0, 0.1) is 12.8 Å². The van der Waals surface area contributed by atoms with Gasteiger partial charge >= 0.3 is 0 Å². The minimum Gasteiger partial charge on any atom is -0.394 e. The first-order valence-corrected chi connectivity index (χ1v) is 6.66. The van der Waals surface area contributed by atoms with E-state index in [0.29, 0.717) is 12.2 Å². The van der Waals surface area contributed by atoms with E-state index in [2.05, 4.69) is 17.3 Å². The van der Waals surface area contributed by atoms with E-state index in [9.17, 15) is 5.11 Å². The maximum atomic E-state index is 10.5. The van der Waals surface area contributed by atoms with Crippen LogP contribution < -0.4 is 11.1 Å². The number of nitrogens with one attached hydrogen (secondary N) is 1. The third-order valence-electron chi connectivity index (χ3n) is 4.06. The Morgan fingerprint density at radius 3 is 2.61 bits per heavy atom. The Labute approximate surface area is 108 Å². The number of aromatic nitrogens is 2. The topological polar surface area (TPSA) is 76.1 Å². The zero-order valence-electron chi connectivity index (χ0n) is 11.5. The highest BCUT2D eigenvalue weighted by atomic mass is 16.3. The summed E-state index contributed by atoms with van der Waals surface area (Å²) < 4.78 is 1.74. The number of hydrogen-bond acceptors (Lipinski definition) is 4. The van der Waals surface area contributed by atoms with Crippen LogP contribution in [0.25, 0.3) is 0 Å². The molecule has 0 spiro atoms. The SMILES string of the molecule is Cc1nn(C)c(NCC2(O)CCC(C)CC2)c1N. The molecule has 102 valence electrons. The highest BCUT2D eigenvalue weighted by Gasteiger charge is 2.32. The van der Waals surface area contributed by atoms with Crippen molar-refractivity contribution >= 4 is 11.5 Å². The van der Waals surface area contributed by atoms with Crippen molar-refractivity contribution in [2.24, 2.45) is 13.0 Å². The molecular formula is C13H24N4O. The number of rotatable bonds is 3. The first-order valence-electron chi connectivity index (χ1n) is 6.66. The van der Waals surface area contributed by atoms with Gasteiger partial charge in [-0.15, -0.1) is 0 Å². The highest BCUT2D eigenvalue weighted by Crippen LogP contribution is 2.32. The highest BCUT2D eigenvalue weighted by molar-refractivity contribution is 5.64. The molecule has 1 aliphatic carbocycles. The fourth-order valence-corrected chi connectivity index (χ4v) is 2.61. The van der Waals surface area contributed by atoms with Crippen molar-refractivity contribution in [3.05, 3.63) is 5.69 Å². The number of nitrogens with zero attached hydrogens (tertiary/aromatic N) is 2. The van der Waals surface area contributed by atoms with Gasteiger partial charge in [0.25, 0.3) is 0 Å². The molecule has 0 unspecified atom stereocenters. The molecule has 0 aromatic carbocycles. The second-order valence-electron chi connectivity index (χ2n) is 5.73. The van der Waals surface area contributed by atoms with E-state index < -0.39 is 5.60 Å². The number of nitrogens with two attached hydrogens (primary N) is 1. The lowest BCUT2D eigenvalue weighted by molar-refractivity contribution is 0.00491. The van der Waals surface area contributed by atoms with Crippen LogP contribution in [-0.4, -0.2) is 27.0 Å². The Balaban J connectivity index is 1.99. The Kier molecular flexibility index (Phi) is 3.52. The van der Waals surface area contributed by atoms with Crippen LogP contribution in [0.4, 0.5) is 11.5 Å². The van der Waals surface area contributed by atoms with E-state index in [-0.39, 0.29) is 0 Å².